The topological polar surface area (TPSA) is 9.86 Å². The highest BCUT2D eigenvalue weighted by molar-refractivity contribution is 6.12. The van der Waals surface area contributed by atoms with E-state index in [2.05, 4.69) is 199 Å². The monoisotopic (exact) mass is 678 g/mol. The SMILES string of the molecule is CC1(C)c2ccccc2-c2cc(-n3c4ccccc4c4cc(-c5ccc6c(c5)c5ccccc5n6-c5cccc(C6C=CC=CC6)c5)ccc43)ccc21. The standard InChI is InChI=1S/C51H38N2/c1-51(2)45-20-9-6-17-39(45)42-32-38(25-26-46(42)51)53-48-22-11-8-19-41(48)44-31-36(24-28-50(44)53)35-23-27-49-43(30-35)40-18-7-10-21-47(40)52(49)37-16-12-15-34(29-37)33-13-4-3-5-14-33/h3-13,15-33H,14H2,1-2H3. The zero-order chi connectivity index (χ0) is 35.3. The van der Waals surface area contributed by atoms with Gasteiger partial charge in [-0.15, -0.1) is 0 Å². The van der Waals surface area contributed by atoms with Gasteiger partial charge in [-0.2, -0.15) is 0 Å². The van der Waals surface area contributed by atoms with E-state index in [1.54, 1.807) is 0 Å². The molecule has 0 spiro atoms. The highest BCUT2D eigenvalue weighted by Gasteiger charge is 2.35. The largest absolute Gasteiger partial charge is 0.309 e. The molecule has 2 aliphatic carbocycles. The minimum Gasteiger partial charge on any atom is -0.309 e. The van der Waals surface area contributed by atoms with Crippen LogP contribution in [0.15, 0.2) is 176 Å². The number of allylic oxidation sites excluding steroid dienone is 4. The molecule has 0 saturated heterocycles. The molecule has 2 heteroatoms. The van der Waals surface area contributed by atoms with Crippen LogP contribution in [0.2, 0.25) is 0 Å². The summed E-state index contributed by atoms with van der Waals surface area (Å²) in [6.45, 7) is 4.69. The van der Waals surface area contributed by atoms with Gasteiger partial charge in [-0.1, -0.05) is 129 Å². The summed E-state index contributed by atoms with van der Waals surface area (Å²) in [5.74, 6) is 0.409. The van der Waals surface area contributed by atoms with Crippen LogP contribution in [0.3, 0.4) is 0 Å². The molecule has 0 fully saturated rings. The van der Waals surface area contributed by atoms with Gasteiger partial charge >= 0.3 is 0 Å². The Morgan fingerprint density at radius 1 is 0.472 bits per heavy atom. The van der Waals surface area contributed by atoms with Gasteiger partial charge < -0.3 is 9.13 Å². The van der Waals surface area contributed by atoms with Crippen LogP contribution < -0.4 is 0 Å². The van der Waals surface area contributed by atoms with Crippen molar-refractivity contribution in [2.24, 2.45) is 0 Å². The van der Waals surface area contributed by atoms with Gasteiger partial charge in [-0.25, -0.2) is 0 Å². The third kappa shape index (κ3) is 4.45. The van der Waals surface area contributed by atoms with Crippen molar-refractivity contribution >= 4 is 43.6 Å². The first-order chi connectivity index (χ1) is 26.0. The maximum atomic E-state index is 2.45. The smallest absolute Gasteiger partial charge is 0.0541 e. The van der Waals surface area contributed by atoms with Gasteiger partial charge in [0.25, 0.3) is 0 Å². The van der Waals surface area contributed by atoms with Gasteiger partial charge in [-0.3, -0.25) is 0 Å². The first-order valence-electron chi connectivity index (χ1n) is 18.8. The molecule has 0 bridgehead atoms. The number of benzene rings is 7. The zero-order valence-corrected chi connectivity index (χ0v) is 29.9. The lowest BCUT2D eigenvalue weighted by Crippen LogP contribution is -2.14. The van der Waals surface area contributed by atoms with E-state index in [9.17, 15) is 0 Å². The lowest BCUT2D eigenvalue weighted by atomic mass is 9.82. The third-order valence-corrected chi connectivity index (χ3v) is 12.0. The van der Waals surface area contributed by atoms with Crippen molar-refractivity contribution in [1.82, 2.24) is 9.13 Å². The number of nitrogens with zero attached hydrogens (tertiary/aromatic N) is 2. The quantitative estimate of drug-likeness (QED) is 0.175. The maximum Gasteiger partial charge on any atom is 0.0541 e. The fourth-order valence-corrected chi connectivity index (χ4v) is 9.43. The number of hydrogen-bond donors (Lipinski definition) is 0. The minimum atomic E-state index is -0.0119. The average molecular weight is 679 g/mol. The molecule has 0 radical (unpaired) electrons. The summed E-state index contributed by atoms with van der Waals surface area (Å²) >= 11 is 0. The lowest BCUT2D eigenvalue weighted by molar-refractivity contribution is 0.660. The van der Waals surface area contributed by atoms with Gasteiger partial charge in [0.2, 0.25) is 0 Å². The summed E-state index contributed by atoms with van der Waals surface area (Å²) < 4.78 is 4.89. The lowest BCUT2D eigenvalue weighted by Gasteiger charge is -2.21. The summed E-state index contributed by atoms with van der Waals surface area (Å²) in [4.78, 5) is 0. The molecule has 1 unspecified atom stereocenters. The minimum absolute atomic E-state index is 0.0119. The Balaban J connectivity index is 1.05. The van der Waals surface area contributed by atoms with E-state index in [0.717, 1.165) is 6.42 Å². The average Bonchev–Trinajstić information content (AvgIpc) is 3.81. The molecule has 53 heavy (non-hydrogen) atoms. The van der Waals surface area contributed by atoms with Crippen LogP contribution in [0, 0.1) is 0 Å². The van der Waals surface area contributed by atoms with E-state index in [0.29, 0.717) is 5.92 Å². The molecule has 9 aromatic rings. The van der Waals surface area contributed by atoms with Gasteiger partial charge in [0.05, 0.1) is 22.1 Å². The van der Waals surface area contributed by atoms with Crippen LogP contribution in [0.4, 0.5) is 0 Å². The third-order valence-electron chi connectivity index (χ3n) is 12.0. The van der Waals surface area contributed by atoms with Crippen LogP contribution in [-0.4, -0.2) is 9.13 Å². The first-order valence-corrected chi connectivity index (χ1v) is 18.8. The van der Waals surface area contributed by atoms with Crippen LogP contribution in [0.1, 0.15) is 42.9 Å². The van der Waals surface area contributed by atoms with Crippen molar-refractivity contribution in [1.29, 1.82) is 0 Å². The van der Waals surface area contributed by atoms with Crippen LogP contribution in [-0.2, 0) is 5.41 Å². The zero-order valence-electron chi connectivity index (χ0n) is 29.9. The Hall–Kier alpha value is -6.38. The van der Waals surface area contributed by atoms with Gasteiger partial charge in [0.15, 0.2) is 0 Å². The fraction of sp³-hybridized carbons (Fsp3) is 0.0980. The van der Waals surface area contributed by atoms with Crippen molar-refractivity contribution in [2.75, 3.05) is 0 Å². The molecule has 2 aliphatic rings. The van der Waals surface area contributed by atoms with Gasteiger partial charge in [-0.05, 0) is 106 Å². The van der Waals surface area contributed by atoms with Gasteiger partial charge in [0, 0.05) is 44.3 Å². The molecular weight excluding hydrogens is 641 g/mol. The van der Waals surface area contributed by atoms with E-state index in [4.69, 9.17) is 0 Å². The highest BCUT2D eigenvalue weighted by Crippen LogP contribution is 2.49. The molecule has 2 heterocycles. The molecule has 11 rings (SSSR count). The van der Waals surface area contributed by atoms with Gasteiger partial charge in [0.1, 0.15) is 0 Å². The molecule has 0 saturated carbocycles. The molecule has 2 nitrogen and oxygen atoms in total. The second kappa shape index (κ2) is 11.3. The maximum absolute atomic E-state index is 2.45. The second-order valence-corrected chi connectivity index (χ2v) is 15.3. The predicted octanol–water partition coefficient (Wildman–Crippen LogP) is 13.5. The Morgan fingerprint density at radius 3 is 1.75 bits per heavy atom. The normalized spacial score (nSPS) is 15.8. The molecule has 0 N–H and O–H groups in total. The fourth-order valence-electron chi connectivity index (χ4n) is 9.43. The molecule has 1 atom stereocenters. The van der Waals surface area contributed by atoms with Crippen molar-refractivity contribution in [3.05, 3.63) is 193 Å². The Labute approximate surface area is 309 Å². The van der Waals surface area contributed by atoms with Crippen molar-refractivity contribution in [2.45, 2.75) is 31.6 Å². The number of para-hydroxylation sites is 2. The van der Waals surface area contributed by atoms with Crippen LogP contribution in [0.5, 0.6) is 0 Å². The number of aromatic nitrogens is 2. The highest BCUT2D eigenvalue weighted by atomic mass is 15.0. The van der Waals surface area contributed by atoms with Crippen molar-refractivity contribution in [3.63, 3.8) is 0 Å². The van der Waals surface area contributed by atoms with E-state index in [1.165, 1.54) is 93.9 Å². The summed E-state index contributed by atoms with van der Waals surface area (Å²) in [5, 5.41) is 5.08. The molecule has 7 aromatic carbocycles. The van der Waals surface area contributed by atoms with E-state index >= 15 is 0 Å². The van der Waals surface area contributed by atoms with E-state index < -0.39 is 0 Å². The summed E-state index contributed by atoms with van der Waals surface area (Å²) in [7, 11) is 0. The number of rotatable bonds is 4. The molecular formula is C51H38N2. The van der Waals surface area contributed by atoms with Crippen molar-refractivity contribution < 1.29 is 0 Å². The Morgan fingerprint density at radius 2 is 1.08 bits per heavy atom. The van der Waals surface area contributed by atoms with Crippen molar-refractivity contribution in [3.8, 4) is 33.6 Å². The van der Waals surface area contributed by atoms with Crippen LogP contribution >= 0.6 is 0 Å². The van der Waals surface area contributed by atoms with E-state index in [-0.39, 0.29) is 5.41 Å². The first kappa shape index (κ1) is 30.3. The molecule has 0 aliphatic heterocycles. The molecule has 0 amide bonds. The summed E-state index contributed by atoms with van der Waals surface area (Å²) in [5.41, 5.74) is 16.6. The number of hydrogen-bond acceptors (Lipinski definition) is 0. The summed E-state index contributed by atoms with van der Waals surface area (Å²) in [6.07, 6.45) is 9.94. The molecule has 2 aromatic heterocycles. The number of fused-ring (bicyclic) bond motifs is 9. The Kier molecular flexibility index (Phi) is 6.46. The predicted molar refractivity (Wildman–Crippen MR) is 224 cm³/mol. The van der Waals surface area contributed by atoms with Crippen LogP contribution in [0.25, 0.3) is 77.2 Å². The Bertz CT molecular complexity index is 3020. The van der Waals surface area contributed by atoms with E-state index in [1.807, 2.05) is 0 Å². The second-order valence-electron chi connectivity index (χ2n) is 15.3. The molecule has 252 valence electrons. The summed E-state index contributed by atoms with van der Waals surface area (Å²) in [6, 6.07) is 56.8.